The van der Waals surface area contributed by atoms with Crippen molar-refractivity contribution in [2.45, 2.75) is 20.3 Å². The molecule has 0 saturated carbocycles. The Morgan fingerprint density at radius 3 is 2.53 bits per heavy atom. The molecule has 0 amide bonds. The van der Waals surface area contributed by atoms with Gasteiger partial charge in [-0.3, -0.25) is 4.99 Å². The summed E-state index contributed by atoms with van der Waals surface area (Å²) in [6, 6.07) is 0. The van der Waals surface area contributed by atoms with E-state index in [1.54, 1.807) is 14.2 Å². The third-order valence-corrected chi connectivity index (χ3v) is 2.67. The molecule has 6 nitrogen and oxygen atoms in total. The number of ether oxygens (including phenoxy) is 1. The molecule has 0 unspecified atom stereocenters. The molecule has 0 aliphatic rings. The van der Waals surface area contributed by atoms with E-state index in [-0.39, 0.29) is 24.0 Å². The van der Waals surface area contributed by atoms with Crippen LogP contribution in [0.5, 0.6) is 0 Å². The number of hydrogen-bond donors (Lipinski definition) is 2. The molecule has 1 rings (SSSR count). The minimum Gasteiger partial charge on any atom is -0.383 e. The fraction of sp³-hybridized carbons (Fsp3) is 0.667. The fourth-order valence-electron chi connectivity index (χ4n) is 1.66. The predicted molar refractivity (Wildman–Crippen MR) is 86.3 cm³/mol. The monoisotopic (exact) mass is 382 g/mol. The molecule has 0 aliphatic heterocycles. The molecule has 1 heterocycles. The Labute approximate surface area is 131 Å². The maximum atomic E-state index is 5.12. The van der Waals surface area contributed by atoms with Gasteiger partial charge in [-0.1, -0.05) is 5.16 Å². The molecule has 1 aromatic heterocycles. The van der Waals surface area contributed by atoms with Gasteiger partial charge in [0.25, 0.3) is 0 Å². The Morgan fingerprint density at radius 1 is 1.32 bits per heavy atom. The van der Waals surface area contributed by atoms with Crippen molar-refractivity contribution in [1.29, 1.82) is 0 Å². The maximum Gasteiger partial charge on any atom is 0.191 e. The molecule has 19 heavy (non-hydrogen) atoms. The van der Waals surface area contributed by atoms with Crippen molar-refractivity contribution in [2.24, 2.45) is 4.99 Å². The number of aromatic nitrogens is 1. The van der Waals surface area contributed by atoms with Gasteiger partial charge in [0.15, 0.2) is 5.96 Å². The summed E-state index contributed by atoms with van der Waals surface area (Å²) in [5, 5.41) is 10.3. The molecule has 2 N–H and O–H groups in total. The first-order chi connectivity index (χ1) is 8.69. The SMILES string of the molecule is CN=C(NCCOC)NCCc1c(C)noc1C.I. The van der Waals surface area contributed by atoms with Crippen LogP contribution in [0, 0.1) is 13.8 Å². The molecule has 1 aromatic rings. The Hall–Kier alpha value is -0.830. The van der Waals surface area contributed by atoms with Gasteiger partial charge in [0.2, 0.25) is 0 Å². The topological polar surface area (TPSA) is 71.7 Å². The number of nitrogens with one attached hydrogen (secondary N) is 2. The van der Waals surface area contributed by atoms with Crippen molar-refractivity contribution in [3.05, 3.63) is 17.0 Å². The molecule has 0 atom stereocenters. The summed E-state index contributed by atoms with van der Waals surface area (Å²) >= 11 is 0. The van der Waals surface area contributed by atoms with Gasteiger partial charge in [-0.05, 0) is 20.3 Å². The number of rotatable bonds is 6. The average molecular weight is 382 g/mol. The maximum absolute atomic E-state index is 5.12. The van der Waals surface area contributed by atoms with Crippen molar-refractivity contribution in [3.63, 3.8) is 0 Å². The van der Waals surface area contributed by atoms with Gasteiger partial charge in [-0.15, -0.1) is 24.0 Å². The van der Waals surface area contributed by atoms with Gasteiger partial charge in [0.05, 0.1) is 12.3 Å². The number of aliphatic imine (C=N–C) groups is 1. The first kappa shape index (κ1) is 18.2. The van der Waals surface area contributed by atoms with Crippen molar-refractivity contribution in [1.82, 2.24) is 15.8 Å². The number of methoxy groups -OCH3 is 1. The highest BCUT2D eigenvalue weighted by Crippen LogP contribution is 2.11. The molecule has 7 heteroatoms. The highest BCUT2D eigenvalue weighted by atomic mass is 127. The van der Waals surface area contributed by atoms with E-state index in [9.17, 15) is 0 Å². The molecule has 0 bridgehead atoms. The lowest BCUT2D eigenvalue weighted by Crippen LogP contribution is -2.39. The van der Waals surface area contributed by atoms with Crippen LogP contribution in [-0.2, 0) is 11.2 Å². The summed E-state index contributed by atoms with van der Waals surface area (Å²) in [6.07, 6.45) is 0.867. The van der Waals surface area contributed by atoms with Crippen molar-refractivity contribution in [3.8, 4) is 0 Å². The Kier molecular flexibility index (Phi) is 9.58. The van der Waals surface area contributed by atoms with Crippen LogP contribution in [0.1, 0.15) is 17.0 Å². The van der Waals surface area contributed by atoms with Crippen LogP contribution in [-0.4, -0.2) is 45.0 Å². The van der Waals surface area contributed by atoms with Crippen LogP contribution in [0.4, 0.5) is 0 Å². The molecule has 0 radical (unpaired) electrons. The zero-order valence-electron chi connectivity index (χ0n) is 11.9. The summed E-state index contributed by atoms with van der Waals surface area (Å²) in [7, 11) is 3.42. The third-order valence-electron chi connectivity index (χ3n) is 2.67. The second-order valence-electron chi connectivity index (χ2n) is 3.97. The number of nitrogens with zero attached hydrogens (tertiary/aromatic N) is 2. The molecule has 110 valence electrons. The first-order valence-electron chi connectivity index (χ1n) is 6.04. The lowest BCUT2D eigenvalue weighted by molar-refractivity contribution is 0.203. The second-order valence-corrected chi connectivity index (χ2v) is 3.97. The van der Waals surface area contributed by atoms with Crippen LogP contribution in [0.15, 0.2) is 9.52 Å². The van der Waals surface area contributed by atoms with Crippen molar-refractivity contribution < 1.29 is 9.26 Å². The van der Waals surface area contributed by atoms with E-state index in [2.05, 4.69) is 20.8 Å². The third kappa shape index (κ3) is 6.24. The lowest BCUT2D eigenvalue weighted by atomic mass is 10.1. The minimum absolute atomic E-state index is 0. The summed E-state index contributed by atoms with van der Waals surface area (Å²) < 4.78 is 10.1. The first-order valence-corrected chi connectivity index (χ1v) is 6.04. The van der Waals surface area contributed by atoms with Gasteiger partial charge in [0, 0.05) is 32.8 Å². The van der Waals surface area contributed by atoms with Crippen molar-refractivity contribution in [2.75, 3.05) is 33.9 Å². The van der Waals surface area contributed by atoms with Crippen LogP contribution < -0.4 is 10.6 Å². The molecule has 0 aliphatic carbocycles. The second kappa shape index (κ2) is 10.0. The smallest absolute Gasteiger partial charge is 0.191 e. The van der Waals surface area contributed by atoms with E-state index in [0.29, 0.717) is 6.61 Å². The van der Waals surface area contributed by atoms with E-state index >= 15 is 0 Å². The summed E-state index contributed by atoms with van der Waals surface area (Å²) in [5.74, 6) is 1.66. The van der Waals surface area contributed by atoms with E-state index in [4.69, 9.17) is 9.26 Å². The van der Waals surface area contributed by atoms with E-state index in [0.717, 1.165) is 42.5 Å². The summed E-state index contributed by atoms with van der Waals surface area (Å²) in [4.78, 5) is 4.12. The minimum atomic E-state index is 0. The predicted octanol–water partition coefficient (Wildman–Crippen LogP) is 1.26. The number of aryl methyl sites for hydroxylation is 2. The average Bonchev–Trinajstić information content (AvgIpc) is 2.68. The Morgan fingerprint density at radius 2 is 2.00 bits per heavy atom. The molecule has 0 aromatic carbocycles. The van der Waals surface area contributed by atoms with Gasteiger partial charge < -0.3 is 19.9 Å². The molecule has 0 saturated heterocycles. The van der Waals surface area contributed by atoms with Gasteiger partial charge in [-0.2, -0.15) is 0 Å². The summed E-state index contributed by atoms with van der Waals surface area (Å²) in [6.45, 7) is 6.07. The van der Waals surface area contributed by atoms with E-state index < -0.39 is 0 Å². The van der Waals surface area contributed by atoms with Gasteiger partial charge >= 0.3 is 0 Å². The van der Waals surface area contributed by atoms with E-state index in [1.165, 1.54) is 0 Å². The van der Waals surface area contributed by atoms with Crippen LogP contribution >= 0.6 is 24.0 Å². The largest absolute Gasteiger partial charge is 0.383 e. The zero-order valence-corrected chi connectivity index (χ0v) is 14.3. The molecular weight excluding hydrogens is 359 g/mol. The van der Waals surface area contributed by atoms with Crippen LogP contribution in [0.2, 0.25) is 0 Å². The summed E-state index contributed by atoms with van der Waals surface area (Å²) in [5.41, 5.74) is 2.12. The van der Waals surface area contributed by atoms with E-state index in [1.807, 2.05) is 13.8 Å². The lowest BCUT2D eigenvalue weighted by Gasteiger charge is -2.11. The quantitative estimate of drug-likeness (QED) is 0.336. The van der Waals surface area contributed by atoms with Crippen LogP contribution in [0.25, 0.3) is 0 Å². The zero-order chi connectivity index (χ0) is 13.4. The van der Waals surface area contributed by atoms with Crippen molar-refractivity contribution >= 4 is 29.9 Å². The Bertz CT molecular complexity index is 374. The standard InChI is InChI=1S/C12H22N4O2.HI/c1-9-11(10(2)18-16-9)5-6-14-12(13-3)15-7-8-17-4;/h5-8H2,1-4H3,(H2,13,14,15);1H. The molecular formula is C12H23IN4O2. The Balaban J connectivity index is 0.00000324. The number of guanidine groups is 1. The van der Waals surface area contributed by atoms with Gasteiger partial charge in [-0.25, -0.2) is 0 Å². The van der Waals surface area contributed by atoms with Gasteiger partial charge in [0.1, 0.15) is 5.76 Å². The number of halogens is 1. The number of hydrogen-bond acceptors (Lipinski definition) is 4. The highest BCUT2D eigenvalue weighted by Gasteiger charge is 2.08. The molecule has 0 spiro atoms. The van der Waals surface area contributed by atoms with Crippen LogP contribution in [0.3, 0.4) is 0 Å². The highest BCUT2D eigenvalue weighted by molar-refractivity contribution is 14.0. The molecule has 0 fully saturated rings. The normalized spacial score (nSPS) is 11.1. The fourth-order valence-corrected chi connectivity index (χ4v) is 1.66.